The van der Waals surface area contributed by atoms with Gasteiger partial charge in [-0.25, -0.2) is 9.78 Å². The fourth-order valence-electron chi connectivity index (χ4n) is 2.43. The van der Waals surface area contributed by atoms with Crippen LogP contribution in [0.5, 0.6) is 0 Å². The first kappa shape index (κ1) is 10.1. The van der Waals surface area contributed by atoms with Crippen molar-refractivity contribution < 1.29 is 9.90 Å². The van der Waals surface area contributed by atoms with E-state index in [-0.39, 0.29) is 0 Å². The molecule has 0 unspecified atom stereocenters. The molecule has 0 aliphatic carbocycles. The van der Waals surface area contributed by atoms with E-state index in [2.05, 4.69) is 14.9 Å². The number of amides is 1. The number of rotatable bonds is 1. The second-order valence-corrected chi connectivity index (χ2v) is 4.24. The van der Waals surface area contributed by atoms with Gasteiger partial charge in [-0.05, 0) is 25.0 Å². The minimum atomic E-state index is -1.04. The molecule has 0 spiro atoms. The molecule has 17 heavy (non-hydrogen) atoms. The van der Waals surface area contributed by atoms with Gasteiger partial charge in [-0.3, -0.25) is 5.32 Å². The topological polar surface area (TPSA) is 67.2 Å². The van der Waals surface area contributed by atoms with Crippen molar-refractivity contribution in [2.24, 2.45) is 0 Å². The molecule has 5 nitrogen and oxygen atoms in total. The van der Waals surface area contributed by atoms with Gasteiger partial charge in [-0.15, -0.1) is 0 Å². The van der Waals surface area contributed by atoms with Crippen LogP contribution in [0.2, 0.25) is 0 Å². The highest BCUT2D eigenvalue weighted by molar-refractivity contribution is 5.96. The van der Waals surface area contributed by atoms with Crippen molar-refractivity contribution in [1.29, 1.82) is 0 Å². The molecule has 1 aliphatic rings. The third-order valence-corrected chi connectivity index (χ3v) is 3.12. The van der Waals surface area contributed by atoms with Crippen molar-refractivity contribution in [2.75, 3.05) is 5.32 Å². The number of carboxylic acid groups (broad SMARTS) is 1. The predicted molar refractivity (Wildman–Crippen MR) is 64.3 cm³/mol. The summed E-state index contributed by atoms with van der Waals surface area (Å²) in [7, 11) is 0. The summed E-state index contributed by atoms with van der Waals surface area (Å²) < 4.78 is 2.13. The summed E-state index contributed by atoms with van der Waals surface area (Å²) >= 11 is 0. The zero-order chi connectivity index (χ0) is 11.8. The van der Waals surface area contributed by atoms with Crippen molar-refractivity contribution in [3.63, 3.8) is 0 Å². The van der Waals surface area contributed by atoms with E-state index < -0.39 is 6.09 Å². The SMILES string of the molecule is O=C(O)Nc1cccc2nc3n(c12)CCCC3. The van der Waals surface area contributed by atoms with Gasteiger partial charge < -0.3 is 9.67 Å². The average Bonchev–Trinajstić information content (AvgIpc) is 2.67. The number of hydrogen-bond acceptors (Lipinski definition) is 2. The molecule has 0 bridgehead atoms. The lowest BCUT2D eigenvalue weighted by Crippen LogP contribution is -2.12. The summed E-state index contributed by atoms with van der Waals surface area (Å²) in [6.45, 7) is 0.921. The molecular formula is C12H13N3O2. The number of fused-ring (bicyclic) bond motifs is 3. The summed E-state index contributed by atoms with van der Waals surface area (Å²) in [6, 6.07) is 5.53. The summed E-state index contributed by atoms with van der Waals surface area (Å²) in [6.07, 6.45) is 2.22. The van der Waals surface area contributed by atoms with E-state index in [4.69, 9.17) is 5.11 Å². The lowest BCUT2D eigenvalue weighted by molar-refractivity contribution is 0.210. The second kappa shape index (κ2) is 3.76. The van der Waals surface area contributed by atoms with E-state index in [1.807, 2.05) is 12.1 Å². The minimum absolute atomic E-state index is 0.621. The molecule has 5 heteroatoms. The highest BCUT2D eigenvalue weighted by Crippen LogP contribution is 2.28. The molecule has 1 amide bonds. The lowest BCUT2D eigenvalue weighted by Gasteiger charge is -2.15. The Hall–Kier alpha value is -2.04. The first-order valence-corrected chi connectivity index (χ1v) is 5.74. The highest BCUT2D eigenvalue weighted by Gasteiger charge is 2.17. The summed E-state index contributed by atoms with van der Waals surface area (Å²) in [5, 5.41) is 11.3. The van der Waals surface area contributed by atoms with Crippen molar-refractivity contribution in [2.45, 2.75) is 25.8 Å². The van der Waals surface area contributed by atoms with E-state index in [0.717, 1.165) is 42.7 Å². The number of nitrogens with one attached hydrogen (secondary N) is 1. The van der Waals surface area contributed by atoms with Crippen molar-refractivity contribution in [3.05, 3.63) is 24.0 Å². The maximum Gasteiger partial charge on any atom is 0.409 e. The zero-order valence-electron chi connectivity index (χ0n) is 9.31. The van der Waals surface area contributed by atoms with E-state index in [1.165, 1.54) is 0 Å². The first-order valence-electron chi connectivity index (χ1n) is 5.74. The van der Waals surface area contributed by atoms with Crippen molar-refractivity contribution in [1.82, 2.24) is 9.55 Å². The maximum absolute atomic E-state index is 10.8. The van der Waals surface area contributed by atoms with Gasteiger partial charge in [0.05, 0.1) is 16.7 Å². The number of nitrogens with zero attached hydrogens (tertiary/aromatic N) is 2. The fourth-order valence-corrected chi connectivity index (χ4v) is 2.43. The third-order valence-electron chi connectivity index (χ3n) is 3.12. The van der Waals surface area contributed by atoms with Gasteiger partial charge in [-0.1, -0.05) is 6.07 Å². The normalized spacial score (nSPS) is 14.6. The number of benzene rings is 1. The number of para-hydroxylation sites is 1. The van der Waals surface area contributed by atoms with Crippen LogP contribution >= 0.6 is 0 Å². The van der Waals surface area contributed by atoms with Crippen LogP contribution in [0, 0.1) is 0 Å². The molecule has 1 aromatic heterocycles. The minimum Gasteiger partial charge on any atom is -0.465 e. The summed E-state index contributed by atoms with van der Waals surface area (Å²) in [4.78, 5) is 15.3. The molecule has 88 valence electrons. The van der Waals surface area contributed by atoms with Gasteiger partial charge in [-0.2, -0.15) is 0 Å². The Balaban J connectivity index is 2.22. The van der Waals surface area contributed by atoms with Gasteiger partial charge in [0, 0.05) is 13.0 Å². The number of carbonyl (C=O) groups is 1. The third kappa shape index (κ3) is 1.63. The van der Waals surface area contributed by atoms with E-state index in [1.54, 1.807) is 6.07 Å². The van der Waals surface area contributed by atoms with Crippen molar-refractivity contribution >= 4 is 22.8 Å². The molecule has 1 aromatic carbocycles. The molecule has 0 saturated heterocycles. The molecule has 0 saturated carbocycles. The quantitative estimate of drug-likeness (QED) is 0.792. The number of hydrogen-bond donors (Lipinski definition) is 2. The molecule has 0 radical (unpaired) electrons. The van der Waals surface area contributed by atoms with Gasteiger partial charge in [0.1, 0.15) is 5.82 Å². The van der Waals surface area contributed by atoms with Crippen LogP contribution in [0.15, 0.2) is 18.2 Å². The molecule has 0 fully saturated rings. The molecular weight excluding hydrogens is 218 g/mol. The smallest absolute Gasteiger partial charge is 0.409 e. The Bertz CT molecular complexity index is 589. The molecule has 1 aliphatic heterocycles. The number of anilines is 1. The van der Waals surface area contributed by atoms with Gasteiger partial charge in [0.2, 0.25) is 0 Å². The summed E-state index contributed by atoms with van der Waals surface area (Å²) in [5.74, 6) is 1.06. The Morgan fingerprint density at radius 2 is 2.29 bits per heavy atom. The maximum atomic E-state index is 10.8. The summed E-state index contributed by atoms with van der Waals surface area (Å²) in [5.41, 5.74) is 2.40. The number of imidazole rings is 1. The van der Waals surface area contributed by atoms with Crippen LogP contribution in [0.4, 0.5) is 10.5 Å². The zero-order valence-corrected chi connectivity index (χ0v) is 9.31. The Morgan fingerprint density at radius 3 is 3.12 bits per heavy atom. The Labute approximate surface area is 98.1 Å². The monoisotopic (exact) mass is 231 g/mol. The Morgan fingerprint density at radius 1 is 1.41 bits per heavy atom. The van der Waals surface area contributed by atoms with Crippen LogP contribution in [0.1, 0.15) is 18.7 Å². The highest BCUT2D eigenvalue weighted by atomic mass is 16.4. The molecule has 3 rings (SSSR count). The second-order valence-electron chi connectivity index (χ2n) is 4.24. The molecule has 2 aromatic rings. The molecule has 2 N–H and O–H groups in total. The van der Waals surface area contributed by atoms with Crippen LogP contribution in [-0.4, -0.2) is 20.8 Å². The van der Waals surface area contributed by atoms with Crippen LogP contribution in [0.25, 0.3) is 11.0 Å². The average molecular weight is 231 g/mol. The standard InChI is InChI=1S/C12H13N3O2/c16-12(17)14-9-5-3-4-8-11(9)15-7-2-1-6-10(15)13-8/h3-5,14H,1-2,6-7H2,(H,16,17). The van der Waals surface area contributed by atoms with Crippen molar-refractivity contribution in [3.8, 4) is 0 Å². The van der Waals surface area contributed by atoms with Crippen LogP contribution < -0.4 is 5.32 Å². The molecule has 0 atom stereocenters. The van der Waals surface area contributed by atoms with E-state index in [9.17, 15) is 4.79 Å². The van der Waals surface area contributed by atoms with E-state index in [0.29, 0.717) is 5.69 Å². The largest absolute Gasteiger partial charge is 0.465 e. The number of aryl methyl sites for hydroxylation is 2. The first-order chi connectivity index (χ1) is 8.25. The predicted octanol–water partition coefficient (Wildman–Crippen LogP) is 2.46. The van der Waals surface area contributed by atoms with Gasteiger partial charge in [0.15, 0.2) is 0 Å². The molecule has 2 heterocycles. The van der Waals surface area contributed by atoms with Gasteiger partial charge >= 0.3 is 6.09 Å². The fraction of sp³-hybridized carbons (Fsp3) is 0.333. The lowest BCUT2D eigenvalue weighted by atomic mass is 10.1. The number of aromatic nitrogens is 2. The van der Waals surface area contributed by atoms with Crippen LogP contribution in [-0.2, 0) is 13.0 Å². The van der Waals surface area contributed by atoms with E-state index >= 15 is 0 Å². The Kier molecular flexibility index (Phi) is 2.24. The van der Waals surface area contributed by atoms with Gasteiger partial charge in [0.25, 0.3) is 0 Å². The van der Waals surface area contributed by atoms with Crippen LogP contribution in [0.3, 0.4) is 0 Å².